The van der Waals surface area contributed by atoms with Crippen LogP contribution in [0, 0.1) is 16.0 Å². The van der Waals surface area contributed by atoms with Crippen LogP contribution in [0.15, 0.2) is 58.3 Å². The molecule has 9 nitrogen and oxygen atoms in total. The Morgan fingerprint density at radius 1 is 1.28 bits per heavy atom. The van der Waals surface area contributed by atoms with Gasteiger partial charge in [0.25, 0.3) is 11.2 Å². The molecule has 2 unspecified atom stereocenters. The number of hydrogen-bond acceptors (Lipinski definition) is 8. The van der Waals surface area contributed by atoms with Gasteiger partial charge in [0.1, 0.15) is 11.7 Å². The summed E-state index contributed by atoms with van der Waals surface area (Å²) in [5.74, 6) is -0.789. The normalized spacial score (nSPS) is 23.4. The maximum absolute atomic E-state index is 13.4. The maximum atomic E-state index is 13.4. The average Bonchev–Trinajstić information content (AvgIpc) is 3.06. The summed E-state index contributed by atoms with van der Waals surface area (Å²) in [6.45, 7) is 1.71. The van der Waals surface area contributed by atoms with Crippen molar-refractivity contribution in [3.8, 4) is 5.75 Å². The second-order valence-corrected chi connectivity index (χ2v) is 8.68. The third-order valence-electron chi connectivity index (χ3n) is 5.74. The summed E-state index contributed by atoms with van der Waals surface area (Å²) in [7, 11) is 1.30. The largest absolute Gasteiger partial charge is 0.469 e. The van der Waals surface area contributed by atoms with Crippen molar-refractivity contribution in [1.82, 2.24) is 4.57 Å². The molecular weight excluding hydrogens is 434 g/mol. The molecule has 32 heavy (non-hydrogen) atoms. The second-order valence-electron chi connectivity index (χ2n) is 7.67. The molecule has 3 atom stereocenters. The summed E-state index contributed by atoms with van der Waals surface area (Å²) < 4.78 is 13.1. The molecule has 2 aliphatic heterocycles. The zero-order valence-electron chi connectivity index (χ0n) is 17.1. The predicted octanol–water partition coefficient (Wildman–Crippen LogP) is 1.77. The number of para-hydroxylation sites is 1. The summed E-state index contributed by atoms with van der Waals surface area (Å²) >= 11 is 1.18. The highest BCUT2D eigenvalue weighted by atomic mass is 32.1. The molecule has 0 fully saturated rings. The highest BCUT2D eigenvalue weighted by molar-refractivity contribution is 7.07. The van der Waals surface area contributed by atoms with Crippen molar-refractivity contribution in [1.29, 1.82) is 0 Å². The molecule has 1 aromatic heterocycles. The summed E-state index contributed by atoms with van der Waals surface area (Å²) in [4.78, 5) is 41.7. The molecule has 0 amide bonds. The fraction of sp³-hybridized carbons (Fsp3) is 0.227. The molecule has 0 radical (unpaired) electrons. The van der Waals surface area contributed by atoms with Crippen LogP contribution in [-0.4, -0.2) is 28.3 Å². The highest BCUT2D eigenvalue weighted by Crippen LogP contribution is 2.47. The van der Waals surface area contributed by atoms with Gasteiger partial charge in [0.05, 0.1) is 22.6 Å². The van der Waals surface area contributed by atoms with Crippen molar-refractivity contribution in [2.75, 3.05) is 7.11 Å². The van der Waals surface area contributed by atoms with Crippen molar-refractivity contribution >= 4 is 29.1 Å². The van der Waals surface area contributed by atoms with Gasteiger partial charge in [-0.25, -0.2) is 4.99 Å². The van der Waals surface area contributed by atoms with E-state index in [0.717, 1.165) is 0 Å². The van der Waals surface area contributed by atoms with Gasteiger partial charge in [-0.15, -0.1) is 0 Å². The molecule has 2 aromatic carbocycles. The van der Waals surface area contributed by atoms with E-state index in [2.05, 4.69) is 4.99 Å². The van der Waals surface area contributed by atoms with Gasteiger partial charge in [-0.1, -0.05) is 29.5 Å². The van der Waals surface area contributed by atoms with Crippen LogP contribution in [0.25, 0.3) is 6.08 Å². The number of carbonyl (C=O) groups is 1. The number of esters is 1. The topological polar surface area (TPSA) is 113 Å². The van der Waals surface area contributed by atoms with Crippen molar-refractivity contribution in [2.45, 2.75) is 18.7 Å². The second kappa shape index (κ2) is 7.13. The number of thiazole rings is 1. The molecule has 0 N–H and O–H groups in total. The van der Waals surface area contributed by atoms with Crippen LogP contribution in [0.3, 0.4) is 0 Å². The van der Waals surface area contributed by atoms with E-state index in [0.29, 0.717) is 26.2 Å². The van der Waals surface area contributed by atoms with Crippen molar-refractivity contribution in [3.63, 3.8) is 0 Å². The Kier molecular flexibility index (Phi) is 4.48. The minimum Gasteiger partial charge on any atom is -0.469 e. The number of non-ortho nitro benzene ring substituents is 1. The lowest BCUT2D eigenvalue weighted by Crippen LogP contribution is -2.58. The number of nitro groups is 1. The summed E-state index contributed by atoms with van der Waals surface area (Å²) in [6, 6.07) is 12.5. The minimum absolute atomic E-state index is 0.0317. The first-order valence-electron chi connectivity index (χ1n) is 9.75. The van der Waals surface area contributed by atoms with Crippen molar-refractivity contribution in [3.05, 3.63) is 89.5 Å². The standard InChI is InChI=1S/C22H17N3O6S/c1-22-17(20(27)30-2)18(14-5-3-4-6-15(14)31-22)24-19(26)16(32-21(24)23-22)11-12-7-9-13(10-8-12)25(28)29/h3-11,17-18H,1-2H3/t17?,18?,22-/m1/s1. The predicted molar refractivity (Wildman–Crippen MR) is 115 cm³/mol. The van der Waals surface area contributed by atoms with E-state index in [1.54, 1.807) is 31.2 Å². The summed E-state index contributed by atoms with van der Waals surface area (Å²) in [5.41, 5.74) is -0.213. The van der Waals surface area contributed by atoms with E-state index >= 15 is 0 Å². The first kappa shape index (κ1) is 20.1. The molecule has 0 saturated heterocycles. The Balaban J connectivity index is 1.73. The van der Waals surface area contributed by atoms with Gasteiger partial charge in [0.2, 0.25) is 5.72 Å². The van der Waals surface area contributed by atoms with E-state index in [9.17, 15) is 19.7 Å². The van der Waals surface area contributed by atoms with Gasteiger partial charge >= 0.3 is 5.97 Å². The molecule has 162 valence electrons. The average molecular weight is 451 g/mol. The fourth-order valence-electron chi connectivity index (χ4n) is 4.27. The lowest BCUT2D eigenvalue weighted by atomic mass is 9.81. The van der Waals surface area contributed by atoms with E-state index in [1.807, 2.05) is 18.2 Å². The van der Waals surface area contributed by atoms with E-state index in [4.69, 9.17) is 9.47 Å². The number of rotatable bonds is 3. The smallest absolute Gasteiger partial charge is 0.317 e. The monoisotopic (exact) mass is 451 g/mol. The molecule has 2 aliphatic rings. The van der Waals surface area contributed by atoms with Crippen molar-refractivity contribution < 1.29 is 19.2 Å². The maximum Gasteiger partial charge on any atom is 0.317 e. The Morgan fingerprint density at radius 3 is 2.69 bits per heavy atom. The molecule has 0 aliphatic carbocycles. The Morgan fingerprint density at radius 2 is 2.00 bits per heavy atom. The minimum atomic E-state index is -1.23. The SMILES string of the molecule is COC(=O)C1C2c3ccccc3O[C@@]1(C)N=c1sc(=Cc3ccc([N+](=O)[O-])cc3)c(=O)n12. The van der Waals surface area contributed by atoms with Gasteiger partial charge in [0.15, 0.2) is 4.80 Å². The number of methoxy groups -OCH3 is 1. The fourth-order valence-corrected chi connectivity index (χ4v) is 5.37. The van der Waals surface area contributed by atoms with Gasteiger partial charge in [0, 0.05) is 17.7 Å². The molecule has 3 heterocycles. The molecule has 2 bridgehead atoms. The summed E-state index contributed by atoms with van der Waals surface area (Å²) in [5, 5.41) is 10.9. The zero-order valence-corrected chi connectivity index (χ0v) is 17.9. The molecule has 0 spiro atoms. The third-order valence-corrected chi connectivity index (χ3v) is 6.72. The van der Waals surface area contributed by atoms with E-state index < -0.39 is 28.6 Å². The molecule has 0 saturated carbocycles. The van der Waals surface area contributed by atoms with Crippen LogP contribution < -0.4 is 19.6 Å². The number of nitro benzene ring substituents is 1. The highest BCUT2D eigenvalue weighted by Gasteiger charge is 2.55. The molecule has 10 heteroatoms. The molecular formula is C22H17N3O6S. The van der Waals surface area contributed by atoms with Crippen LogP contribution in [0.4, 0.5) is 5.69 Å². The number of hydrogen-bond donors (Lipinski definition) is 0. The number of ether oxygens (including phenoxy) is 2. The van der Waals surface area contributed by atoms with Crippen LogP contribution in [0.1, 0.15) is 24.1 Å². The Bertz CT molecular complexity index is 1440. The van der Waals surface area contributed by atoms with Gasteiger partial charge < -0.3 is 9.47 Å². The quantitative estimate of drug-likeness (QED) is 0.341. The van der Waals surface area contributed by atoms with Crippen LogP contribution in [0.5, 0.6) is 5.75 Å². The van der Waals surface area contributed by atoms with Crippen molar-refractivity contribution in [2.24, 2.45) is 10.9 Å². The van der Waals surface area contributed by atoms with Crippen LogP contribution in [-0.2, 0) is 9.53 Å². The number of carbonyl (C=O) groups excluding carboxylic acids is 1. The number of aromatic nitrogens is 1. The first-order valence-corrected chi connectivity index (χ1v) is 10.6. The third kappa shape index (κ3) is 2.94. The molecule has 5 rings (SSSR count). The van der Waals surface area contributed by atoms with Gasteiger partial charge in [-0.3, -0.25) is 24.3 Å². The Hall–Kier alpha value is -3.79. The van der Waals surface area contributed by atoms with E-state index in [-0.39, 0.29) is 11.2 Å². The van der Waals surface area contributed by atoms with Gasteiger partial charge in [-0.05, 0) is 36.8 Å². The lowest BCUT2D eigenvalue weighted by molar-refractivity contribution is -0.384. The number of nitrogens with zero attached hydrogens (tertiary/aromatic N) is 3. The number of fused-ring (bicyclic) bond motifs is 6. The summed E-state index contributed by atoms with van der Waals surface area (Å²) in [6.07, 6.45) is 1.66. The lowest BCUT2D eigenvalue weighted by Gasteiger charge is -2.44. The number of benzene rings is 2. The van der Waals surface area contributed by atoms with Gasteiger partial charge in [-0.2, -0.15) is 0 Å². The van der Waals surface area contributed by atoms with Crippen LogP contribution in [0.2, 0.25) is 0 Å². The van der Waals surface area contributed by atoms with E-state index in [1.165, 1.54) is 35.1 Å². The zero-order chi connectivity index (χ0) is 22.6. The molecule has 3 aromatic rings. The first-order chi connectivity index (χ1) is 15.3. The Labute approximate surface area is 185 Å². The van der Waals surface area contributed by atoms with Crippen LogP contribution >= 0.6 is 11.3 Å².